The van der Waals surface area contributed by atoms with Crippen LogP contribution >= 0.6 is 11.6 Å². The number of carbonyl (C=O) groups excluding carboxylic acids is 2. The second-order valence-corrected chi connectivity index (χ2v) is 6.53. The van der Waals surface area contributed by atoms with Crippen molar-refractivity contribution >= 4 is 29.1 Å². The van der Waals surface area contributed by atoms with E-state index >= 15 is 0 Å². The summed E-state index contributed by atoms with van der Waals surface area (Å²) in [5, 5.41) is 6.47. The topological polar surface area (TPSA) is 58.2 Å². The maximum atomic E-state index is 12.4. The van der Waals surface area contributed by atoms with Crippen LogP contribution in [0.5, 0.6) is 0 Å². The standard InChI is InChI=1S/C19H19ClN2O2/c1-12(13-7-9-16(20)10-8-13)21-19(24)15-3-2-4-17(11-15)22-18(23)14-5-6-14/h2-4,7-12,14H,5-6H2,1H3,(H,21,24)(H,22,23). The quantitative estimate of drug-likeness (QED) is 0.856. The van der Waals surface area contributed by atoms with Gasteiger partial charge in [-0.2, -0.15) is 0 Å². The number of rotatable bonds is 5. The number of anilines is 1. The number of amides is 2. The van der Waals surface area contributed by atoms with E-state index in [0.29, 0.717) is 16.3 Å². The summed E-state index contributed by atoms with van der Waals surface area (Å²) >= 11 is 5.88. The molecule has 5 heteroatoms. The summed E-state index contributed by atoms with van der Waals surface area (Å²) in [5.74, 6) is -0.0190. The van der Waals surface area contributed by atoms with Crippen molar-refractivity contribution in [1.82, 2.24) is 5.32 Å². The number of benzene rings is 2. The van der Waals surface area contributed by atoms with Crippen molar-refractivity contribution in [3.63, 3.8) is 0 Å². The minimum atomic E-state index is -0.181. The van der Waals surface area contributed by atoms with Crippen LogP contribution in [0.2, 0.25) is 5.02 Å². The Balaban J connectivity index is 1.65. The van der Waals surface area contributed by atoms with Crippen LogP contribution in [0.1, 0.15) is 41.7 Å². The molecule has 2 aromatic rings. The van der Waals surface area contributed by atoms with Gasteiger partial charge in [0.15, 0.2) is 0 Å². The molecule has 1 atom stereocenters. The van der Waals surface area contributed by atoms with Gasteiger partial charge < -0.3 is 10.6 Å². The Labute approximate surface area is 146 Å². The third kappa shape index (κ3) is 4.15. The van der Waals surface area contributed by atoms with Crippen molar-refractivity contribution in [1.29, 1.82) is 0 Å². The molecular weight excluding hydrogens is 324 g/mol. The Morgan fingerprint density at radius 3 is 2.50 bits per heavy atom. The van der Waals surface area contributed by atoms with Crippen LogP contribution in [0.3, 0.4) is 0 Å². The number of hydrogen-bond acceptors (Lipinski definition) is 2. The van der Waals surface area contributed by atoms with Gasteiger partial charge in [-0.25, -0.2) is 0 Å². The average Bonchev–Trinajstić information content (AvgIpc) is 3.40. The van der Waals surface area contributed by atoms with Crippen molar-refractivity contribution in [2.24, 2.45) is 5.92 Å². The highest BCUT2D eigenvalue weighted by Crippen LogP contribution is 2.30. The molecule has 1 saturated carbocycles. The number of carbonyl (C=O) groups is 2. The zero-order chi connectivity index (χ0) is 17.1. The van der Waals surface area contributed by atoms with Gasteiger partial charge in [0.05, 0.1) is 6.04 Å². The van der Waals surface area contributed by atoms with E-state index in [9.17, 15) is 9.59 Å². The van der Waals surface area contributed by atoms with Gasteiger partial charge in [-0.1, -0.05) is 29.8 Å². The molecule has 4 nitrogen and oxygen atoms in total. The Morgan fingerprint density at radius 2 is 1.83 bits per heavy atom. The Bertz CT molecular complexity index is 754. The molecule has 124 valence electrons. The van der Waals surface area contributed by atoms with E-state index in [1.807, 2.05) is 19.1 Å². The van der Waals surface area contributed by atoms with E-state index in [2.05, 4.69) is 10.6 Å². The van der Waals surface area contributed by atoms with E-state index in [1.54, 1.807) is 36.4 Å². The normalized spacial score (nSPS) is 14.8. The van der Waals surface area contributed by atoms with Crippen LogP contribution in [0.25, 0.3) is 0 Å². The molecule has 0 aliphatic heterocycles. The molecule has 1 aliphatic carbocycles. The lowest BCUT2D eigenvalue weighted by Gasteiger charge is -2.15. The first-order valence-corrected chi connectivity index (χ1v) is 8.38. The van der Waals surface area contributed by atoms with Crippen molar-refractivity contribution in [3.8, 4) is 0 Å². The third-order valence-electron chi connectivity index (χ3n) is 4.06. The first-order chi connectivity index (χ1) is 11.5. The van der Waals surface area contributed by atoms with Crippen LogP contribution in [-0.2, 0) is 4.79 Å². The van der Waals surface area contributed by atoms with Crippen LogP contribution in [0, 0.1) is 5.92 Å². The van der Waals surface area contributed by atoms with Gasteiger partial charge in [-0.3, -0.25) is 9.59 Å². The second-order valence-electron chi connectivity index (χ2n) is 6.09. The van der Waals surface area contributed by atoms with Crippen molar-refractivity contribution in [2.45, 2.75) is 25.8 Å². The maximum absolute atomic E-state index is 12.4. The molecule has 1 aliphatic rings. The number of nitrogens with one attached hydrogen (secondary N) is 2. The second kappa shape index (κ2) is 7.05. The van der Waals surface area contributed by atoms with Gasteiger partial charge in [-0.15, -0.1) is 0 Å². The van der Waals surface area contributed by atoms with Gasteiger partial charge >= 0.3 is 0 Å². The molecule has 2 aromatic carbocycles. The van der Waals surface area contributed by atoms with Gasteiger partial charge in [0, 0.05) is 22.2 Å². The molecule has 2 amide bonds. The summed E-state index contributed by atoms with van der Waals surface area (Å²) in [7, 11) is 0. The summed E-state index contributed by atoms with van der Waals surface area (Å²) in [6.45, 7) is 1.92. The Hall–Kier alpha value is -2.33. The van der Waals surface area contributed by atoms with E-state index in [4.69, 9.17) is 11.6 Å². The molecule has 24 heavy (non-hydrogen) atoms. The Kier molecular flexibility index (Phi) is 4.86. The van der Waals surface area contributed by atoms with E-state index in [1.165, 1.54) is 0 Å². The first kappa shape index (κ1) is 16.5. The molecule has 1 fully saturated rings. The van der Waals surface area contributed by atoms with Gasteiger partial charge in [-0.05, 0) is 55.7 Å². The van der Waals surface area contributed by atoms with Crippen LogP contribution in [0.15, 0.2) is 48.5 Å². The van der Waals surface area contributed by atoms with Crippen LogP contribution in [-0.4, -0.2) is 11.8 Å². The molecule has 2 N–H and O–H groups in total. The molecule has 0 saturated heterocycles. The summed E-state index contributed by atoms with van der Waals surface area (Å²) in [5.41, 5.74) is 2.15. The minimum absolute atomic E-state index is 0.0297. The van der Waals surface area contributed by atoms with Crippen molar-refractivity contribution < 1.29 is 9.59 Å². The zero-order valence-electron chi connectivity index (χ0n) is 13.4. The summed E-state index contributed by atoms with van der Waals surface area (Å²) in [4.78, 5) is 24.3. The van der Waals surface area contributed by atoms with Crippen molar-refractivity contribution in [2.75, 3.05) is 5.32 Å². The van der Waals surface area contributed by atoms with E-state index in [0.717, 1.165) is 18.4 Å². The lowest BCUT2D eigenvalue weighted by atomic mass is 10.1. The summed E-state index contributed by atoms with van der Waals surface area (Å²) in [6.07, 6.45) is 1.90. The van der Waals surface area contributed by atoms with E-state index < -0.39 is 0 Å². The molecule has 1 unspecified atom stereocenters. The third-order valence-corrected chi connectivity index (χ3v) is 4.31. The smallest absolute Gasteiger partial charge is 0.251 e. The molecule has 3 rings (SSSR count). The fourth-order valence-electron chi connectivity index (χ4n) is 2.44. The molecule has 0 spiro atoms. The summed E-state index contributed by atoms with van der Waals surface area (Å²) < 4.78 is 0. The lowest BCUT2D eigenvalue weighted by molar-refractivity contribution is -0.117. The fourth-order valence-corrected chi connectivity index (χ4v) is 2.57. The monoisotopic (exact) mass is 342 g/mol. The van der Waals surface area contributed by atoms with Gasteiger partial charge in [0.2, 0.25) is 5.91 Å². The molecule has 0 radical (unpaired) electrons. The largest absolute Gasteiger partial charge is 0.346 e. The Morgan fingerprint density at radius 1 is 1.12 bits per heavy atom. The molecular formula is C19H19ClN2O2. The molecule has 0 bridgehead atoms. The fraction of sp³-hybridized carbons (Fsp3) is 0.263. The molecule has 0 aromatic heterocycles. The number of hydrogen-bond donors (Lipinski definition) is 2. The first-order valence-electron chi connectivity index (χ1n) is 8.00. The highest BCUT2D eigenvalue weighted by atomic mass is 35.5. The minimum Gasteiger partial charge on any atom is -0.346 e. The van der Waals surface area contributed by atoms with Gasteiger partial charge in [0.1, 0.15) is 0 Å². The highest BCUT2D eigenvalue weighted by molar-refractivity contribution is 6.30. The molecule has 0 heterocycles. The predicted octanol–water partition coefficient (Wildman–Crippen LogP) is 4.18. The summed E-state index contributed by atoms with van der Waals surface area (Å²) in [6, 6.07) is 14.2. The van der Waals surface area contributed by atoms with Crippen molar-refractivity contribution in [3.05, 3.63) is 64.7 Å². The van der Waals surface area contributed by atoms with Gasteiger partial charge in [0.25, 0.3) is 5.91 Å². The van der Waals surface area contributed by atoms with E-state index in [-0.39, 0.29) is 23.8 Å². The van der Waals surface area contributed by atoms with Crippen LogP contribution in [0.4, 0.5) is 5.69 Å². The van der Waals surface area contributed by atoms with Crippen LogP contribution < -0.4 is 10.6 Å². The zero-order valence-corrected chi connectivity index (χ0v) is 14.1. The highest BCUT2D eigenvalue weighted by Gasteiger charge is 2.29. The predicted molar refractivity (Wildman–Crippen MR) is 95.1 cm³/mol. The average molecular weight is 343 g/mol. The SMILES string of the molecule is CC(NC(=O)c1cccc(NC(=O)C2CC2)c1)c1ccc(Cl)cc1. The lowest BCUT2D eigenvalue weighted by Crippen LogP contribution is -2.26. The number of halogens is 1. The maximum Gasteiger partial charge on any atom is 0.251 e.